The Morgan fingerprint density at radius 3 is 2.83 bits per heavy atom. The van der Waals surface area contributed by atoms with Gasteiger partial charge in [-0.3, -0.25) is 4.79 Å². The molecule has 0 aliphatic carbocycles. The summed E-state index contributed by atoms with van der Waals surface area (Å²) in [6.07, 6.45) is 6.29. The smallest absolute Gasteiger partial charge is 0.262 e. The van der Waals surface area contributed by atoms with Crippen molar-refractivity contribution >= 4 is 12.0 Å². The zero-order valence-corrected chi connectivity index (χ0v) is 20.2. The SMILES string of the molecule is CCCOc1ccc(-c2nn(-c3ccccc3)cc2/C=C(\C#N)C(=O)NC[C@H]2CCCO2)cc1C. The second kappa shape index (κ2) is 11.5. The van der Waals surface area contributed by atoms with E-state index in [0.717, 1.165) is 41.8 Å². The third-order valence-corrected chi connectivity index (χ3v) is 5.85. The normalized spacial score (nSPS) is 15.6. The maximum absolute atomic E-state index is 12.8. The summed E-state index contributed by atoms with van der Waals surface area (Å²) in [6, 6.07) is 17.7. The molecule has 7 heteroatoms. The maximum atomic E-state index is 12.8. The van der Waals surface area contributed by atoms with Crippen LogP contribution in [0.1, 0.15) is 37.3 Å². The Balaban J connectivity index is 1.68. The van der Waals surface area contributed by atoms with Gasteiger partial charge in [-0.05, 0) is 68.2 Å². The number of aromatic nitrogens is 2. The monoisotopic (exact) mass is 470 g/mol. The Kier molecular flexibility index (Phi) is 7.96. The van der Waals surface area contributed by atoms with E-state index in [1.165, 1.54) is 0 Å². The average Bonchev–Trinajstić information content (AvgIpc) is 3.56. The lowest BCUT2D eigenvalue weighted by Crippen LogP contribution is -2.32. The highest BCUT2D eigenvalue weighted by Crippen LogP contribution is 2.30. The number of nitriles is 1. The topological polar surface area (TPSA) is 89.2 Å². The fraction of sp³-hybridized carbons (Fsp3) is 0.321. The Hall–Kier alpha value is -3.89. The van der Waals surface area contributed by atoms with Gasteiger partial charge in [0.05, 0.1) is 18.4 Å². The van der Waals surface area contributed by atoms with Crippen LogP contribution in [0.5, 0.6) is 5.75 Å². The molecule has 1 aliphatic rings. The van der Waals surface area contributed by atoms with Gasteiger partial charge < -0.3 is 14.8 Å². The minimum atomic E-state index is -0.416. The molecule has 2 heterocycles. The van der Waals surface area contributed by atoms with Crippen molar-refractivity contribution in [3.8, 4) is 28.8 Å². The molecule has 1 amide bonds. The summed E-state index contributed by atoms with van der Waals surface area (Å²) in [5.74, 6) is 0.419. The fourth-order valence-corrected chi connectivity index (χ4v) is 4.01. The molecule has 35 heavy (non-hydrogen) atoms. The first-order chi connectivity index (χ1) is 17.1. The van der Waals surface area contributed by atoms with Crippen molar-refractivity contribution in [2.24, 2.45) is 0 Å². The van der Waals surface area contributed by atoms with E-state index in [9.17, 15) is 10.1 Å². The van der Waals surface area contributed by atoms with E-state index in [2.05, 4.69) is 12.2 Å². The molecule has 1 atom stereocenters. The van der Waals surface area contributed by atoms with Crippen LogP contribution < -0.4 is 10.1 Å². The average molecular weight is 471 g/mol. The molecular weight excluding hydrogens is 440 g/mol. The molecule has 1 fully saturated rings. The molecule has 0 saturated carbocycles. The number of aryl methyl sites for hydroxylation is 1. The van der Waals surface area contributed by atoms with Crippen molar-refractivity contribution in [1.29, 1.82) is 5.26 Å². The zero-order valence-electron chi connectivity index (χ0n) is 20.2. The highest BCUT2D eigenvalue weighted by Gasteiger charge is 2.19. The Labute approximate surface area is 206 Å². The highest BCUT2D eigenvalue weighted by molar-refractivity contribution is 6.02. The molecule has 2 aromatic carbocycles. The number of ether oxygens (including phenoxy) is 2. The van der Waals surface area contributed by atoms with Crippen molar-refractivity contribution in [3.63, 3.8) is 0 Å². The number of amides is 1. The number of hydrogen-bond donors (Lipinski definition) is 1. The summed E-state index contributed by atoms with van der Waals surface area (Å²) in [7, 11) is 0. The van der Waals surface area contributed by atoms with Gasteiger partial charge in [-0.2, -0.15) is 10.4 Å². The van der Waals surface area contributed by atoms with Gasteiger partial charge in [-0.15, -0.1) is 0 Å². The highest BCUT2D eigenvalue weighted by atomic mass is 16.5. The summed E-state index contributed by atoms with van der Waals surface area (Å²) < 4.78 is 13.2. The van der Waals surface area contributed by atoms with E-state index in [4.69, 9.17) is 14.6 Å². The third-order valence-electron chi connectivity index (χ3n) is 5.85. The lowest BCUT2D eigenvalue weighted by molar-refractivity contribution is -0.117. The summed E-state index contributed by atoms with van der Waals surface area (Å²) in [5, 5.41) is 17.4. The van der Waals surface area contributed by atoms with Crippen molar-refractivity contribution in [2.75, 3.05) is 19.8 Å². The molecule has 7 nitrogen and oxygen atoms in total. The van der Waals surface area contributed by atoms with Crippen molar-refractivity contribution in [1.82, 2.24) is 15.1 Å². The molecule has 1 saturated heterocycles. The van der Waals surface area contributed by atoms with Gasteiger partial charge in [0, 0.05) is 30.5 Å². The van der Waals surface area contributed by atoms with E-state index in [1.807, 2.05) is 67.7 Å². The van der Waals surface area contributed by atoms with Crippen molar-refractivity contribution in [3.05, 3.63) is 71.4 Å². The largest absolute Gasteiger partial charge is 0.493 e. The number of para-hydroxylation sites is 1. The number of nitrogens with one attached hydrogen (secondary N) is 1. The van der Waals surface area contributed by atoms with E-state index < -0.39 is 5.91 Å². The molecule has 0 spiro atoms. The zero-order chi connectivity index (χ0) is 24.6. The van der Waals surface area contributed by atoms with Crippen LogP contribution in [-0.2, 0) is 9.53 Å². The standard InChI is InChI=1S/C28H30N4O3/c1-3-13-35-26-12-11-21(15-20(26)2)27-23(19-32(31-27)24-8-5-4-6-9-24)16-22(17-29)28(33)30-18-25-10-7-14-34-25/h4-6,8-9,11-12,15-16,19,25H,3,7,10,13-14,18H2,1-2H3,(H,30,33)/b22-16+/t25-/m1/s1. The number of nitrogens with zero attached hydrogens (tertiary/aromatic N) is 3. The molecule has 4 rings (SSSR count). The van der Waals surface area contributed by atoms with Crippen LogP contribution in [-0.4, -0.2) is 41.6 Å². The van der Waals surface area contributed by atoms with Gasteiger partial charge in [0.25, 0.3) is 5.91 Å². The van der Waals surface area contributed by atoms with E-state index >= 15 is 0 Å². The quantitative estimate of drug-likeness (QED) is 0.357. The predicted octanol–water partition coefficient (Wildman–Crippen LogP) is 4.84. The molecule has 1 N–H and O–H groups in total. The van der Waals surface area contributed by atoms with Crippen molar-refractivity contribution in [2.45, 2.75) is 39.2 Å². The molecule has 180 valence electrons. The van der Waals surface area contributed by atoms with Crippen LogP contribution in [0.4, 0.5) is 0 Å². The minimum absolute atomic E-state index is 0.00621. The van der Waals surface area contributed by atoms with Crippen LogP contribution >= 0.6 is 0 Å². The van der Waals surface area contributed by atoms with Crippen LogP contribution in [0.15, 0.2) is 60.3 Å². The second-order valence-corrected chi connectivity index (χ2v) is 8.56. The van der Waals surface area contributed by atoms with Crippen LogP contribution in [0, 0.1) is 18.3 Å². The molecule has 0 radical (unpaired) electrons. The summed E-state index contributed by atoms with van der Waals surface area (Å²) in [4.78, 5) is 12.8. The minimum Gasteiger partial charge on any atom is -0.493 e. The molecule has 1 aromatic heterocycles. The third kappa shape index (κ3) is 5.97. The van der Waals surface area contributed by atoms with Gasteiger partial charge in [-0.1, -0.05) is 25.1 Å². The summed E-state index contributed by atoms with van der Waals surface area (Å²) in [5.41, 5.74) is 4.14. The van der Waals surface area contributed by atoms with Gasteiger partial charge in [0.1, 0.15) is 23.1 Å². The fourth-order valence-electron chi connectivity index (χ4n) is 4.01. The van der Waals surface area contributed by atoms with Crippen LogP contribution in [0.3, 0.4) is 0 Å². The molecule has 1 aliphatic heterocycles. The summed E-state index contributed by atoms with van der Waals surface area (Å²) in [6.45, 7) is 5.83. The number of carbonyl (C=O) groups is 1. The Bertz CT molecular complexity index is 1230. The Morgan fingerprint density at radius 1 is 1.31 bits per heavy atom. The van der Waals surface area contributed by atoms with E-state index in [1.54, 1.807) is 10.8 Å². The molecule has 0 bridgehead atoms. The predicted molar refractivity (Wildman–Crippen MR) is 135 cm³/mol. The first-order valence-electron chi connectivity index (χ1n) is 12.0. The first kappa shape index (κ1) is 24.2. The molecule has 3 aromatic rings. The van der Waals surface area contributed by atoms with E-state index in [-0.39, 0.29) is 11.7 Å². The van der Waals surface area contributed by atoms with Gasteiger partial charge in [0.2, 0.25) is 0 Å². The molecular formula is C28H30N4O3. The number of carbonyl (C=O) groups excluding carboxylic acids is 1. The van der Waals surface area contributed by atoms with Crippen LogP contribution in [0.2, 0.25) is 0 Å². The molecule has 0 unspecified atom stereocenters. The number of hydrogen-bond acceptors (Lipinski definition) is 5. The van der Waals surface area contributed by atoms with Gasteiger partial charge in [0.15, 0.2) is 0 Å². The lowest BCUT2D eigenvalue weighted by atomic mass is 10.0. The van der Waals surface area contributed by atoms with Gasteiger partial charge in [-0.25, -0.2) is 4.68 Å². The van der Waals surface area contributed by atoms with E-state index in [0.29, 0.717) is 31.0 Å². The maximum Gasteiger partial charge on any atom is 0.262 e. The summed E-state index contributed by atoms with van der Waals surface area (Å²) >= 11 is 0. The second-order valence-electron chi connectivity index (χ2n) is 8.56. The van der Waals surface area contributed by atoms with Crippen LogP contribution in [0.25, 0.3) is 23.0 Å². The van der Waals surface area contributed by atoms with Gasteiger partial charge >= 0.3 is 0 Å². The number of rotatable bonds is 9. The Morgan fingerprint density at radius 2 is 2.14 bits per heavy atom. The lowest BCUT2D eigenvalue weighted by Gasteiger charge is -2.10. The number of benzene rings is 2. The first-order valence-corrected chi connectivity index (χ1v) is 12.0. The van der Waals surface area contributed by atoms with Crippen molar-refractivity contribution < 1.29 is 14.3 Å².